The summed E-state index contributed by atoms with van der Waals surface area (Å²) in [4.78, 5) is 1.08. The Morgan fingerprint density at radius 2 is 1.70 bits per heavy atom. The van der Waals surface area contributed by atoms with Gasteiger partial charge in [0.25, 0.3) is 0 Å². The van der Waals surface area contributed by atoms with Crippen molar-refractivity contribution in [2.45, 2.75) is 18.8 Å². The highest BCUT2D eigenvalue weighted by Gasteiger charge is 2.34. The van der Waals surface area contributed by atoms with Crippen molar-refractivity contribution in [2.24, 2.45) is 0 Å². The van der Waals surface area contributed by atoms with Crippen molar-refractivity contribution in [2.75, 3.05) is 27.4 Å². The van der Waals surface area contributed by atoms with Crippen molar-refractivity contribution in [3.63, 3.8) is 0 Å². The molecule has 1 atom stereocenters. The smallest absolute Gasteiger partial charge is 0.401 e. The van der Waals surface area contributed by atoms with E-state index in [1.54, 1.807) is 18.2 Å². The molecule has 0 unspecified atom stereocenters. The second-order valence-corrected chi connectivity index (χ2v) is 5.95. The van der Waals surface area contributed by atoms with E-state index >= 15 is 0 Å². The van der Waals surface area contributed by atoms with Crippen molar-refractivity contribution >= 4 is 0 Å². The van der Waals surface area contributed by atoms with Gasteiger partial charge in [-0.15, -0.1) is 0 Å². The maximum absolute atomic E-state index is 13.2. The predicted octanol–water partition coefficient (Wildman–Crippen LogP) is 3.94. The van der Waals surface area contributed by atoms with E-state index in [4.69, 9.17) is 9.47 Å². The minimum Gasteiger partial charge on any atom is -0.497 e. The molecule has 0 saturated heterocycles. The van der Waals surface area contributed by atoms with Gasteiger partial charge < -0.3 is 14.6 Å². The summed E-state index contributed by atoms with van der Waals surface area (Å²) >= 11 is 0. The van der Waals surface area contributed by atoms with Crippen molar-refractivity contribution in [3.05, 3.63) is 59.4 Å². The van der Waals surface area contributed by atoms with Gasteiger partial charge >= 0.3 is 6.18 Å². The molecule has 0 amide bonds. The molecule has 2 aromatic carbocycles. The summed E-state index contributed by atoms with van der Waals surface area (Å²) in [5.74, 6) is 0.377. The Balaban J connectivity index is 2.37. The van der Waals surface area contributed by atoms with E-state index in [2.05, 4.69) is 0 Å². The third-order valence-electron chi connectivity index (χ3n) is 4.12. The molecule has 0 fully saturated rings. The molecule has 148 valence electrons. The molecule has 1 N–H and O–H groups in total. The van der Waals surface area contributed by atoms with E-state index < -0.39 is 31.2 Å². The maximum Gasteiger partial charge on any atom is 0.401 e. The van der Waals surface area contributed by atoms with E-state index in [9.17, 15) is 22.7 Å². The summed E-state index contributed by atoms with van der Waals surface area (Å²) in [6, 6.07) is 8.88. The van der Waals surface area contributed by atoms with Crippen molar-refractivity contribution < 1.29 is 32.1 Å². The average Bonchev–Trinajstić information content (AvgIpc) is 2.62. The second-order valence-electron chi connectivity index (χ2n) is 5.95. The van der Waals surface area contributed by atoms with Gasteiger partial charge in [0.05, 0.1) is 33.4 Å². The van der Waals surface area contributed by atoms with Crippen LogP contribution in [0.2, 0.25) is 0 Å². The lowest BCUT2D eigenvalue weighted by Crippen LogP contribution is -2.38. The number of hydrogen-bond donors (Lipinski definition) is 1. The molecule has 4 nitrogen and oxygen atoms in total. The molecule has 0 bridgehead atoms. The molecule has 27 heavy (non-hydrogen) atoms. The van der Waals surface area contributed by atoms with Gasteiger partial charge in [-0.1, -0.05) is 18.2 Å². The van der Waals surface area contributed by atoms with Gasteiger partial charge in [0, 0.05) is 18.2 Å². The zero-order valence-electron chi connectivity index (χ0n) is 15.0. The first kappa shape index (κ1) is 21.0. The Morgan fingerprint density at radius 1 is 1.04 bits per heavy atom. The SMILES string of the molecule is COc1ccc(CN(CC(F)(F)F)[C@H](CO)c2ccc(F)cc2)c(OC)c1. The summed E-state index contributed by atoms with van der Waals surface area (Å²) in [6.45, 7) is -1.93. The highest BCUT2D eigenvalue weighted by Crippen LogP contribution is 2.31. The largest absolute Gasteiger partial charge is 0.497 e. The second kappa shape index (κ2) is 9.05. The van der Waals surface area contributed by atoms with Gasteiger partial charge in [0.1, 0.15) is 17.3 Å². The predicted molar refractivity (Wildman–Crippen MR) is 92.2 cm³/mol. The van der Waals surface area contributed by atoms with Crippen LogP contribution in [0.4, 0.5) is 17.6 Å². The van der Waals surface area contributed by atoms with Gasteiger partial charge in [0.15, 0.2) is 0 Å². The van der Waals surface area contributed by atoms with Gasteiger partial charge in [-0.3, -0.25) is 4.90 Å². The van der Waals surface area contributed by atoms with E-state index in [0.29, 0.717) is 22.6 Å². The van der Waals surface area contributed by atoms with Crippen molar-refractivity contribution in [1.29, 1.82) is 0 Å². The molecule has 2 aromatic rings. The quantitative estimate of drug-likeness (QED) is 0.697. The number of halogens is 4. The summed E-state index contributed by atoms with van der Waals surface area (Å²) in [5.41, 5.74) is 0.888. The molecule has 0 heterocycles. The Kier molecular flexibility index (Phi) is 7.04. The number of hydrogen-bond acceptors (Lipinski definition) is 4. The highest BCUT2D eigenvalue weighted by atomic mass is 19.4. The number of ether oxygens (including phenoxy) is 2. The first-order valence-corrected chi connectivity index (χ1v) is 8.15. The molecule has 0 spiro atoms. The molecule has 0 aliphatic rings. The number of nitrogens with zero attached hydrogens (tertiary/aromatic N) is 1. The van der Waals surface area contributed by atoms with Crippen LogP contribution >= 0.6 is 0 Å². The normalized spacial score (nSPS) is 12.9. The number of aliphatic hydroxyl groups is 1. The zero-order chi connectivity index (χ0) is 20.0. The van der Waals surface area contributed by atoms with Crippen LogP contribution in [0.3, 0.4) is 0 Å². The van der Waals surface area contributed by atoms with E-state index in [1.165, 1.54) is 26.4 Å². The third kappa shape index (κ3) is 5.83. The van der Waals surface area contributed by atoms with E-state index in [0.717, 1.165) is 17.0 Å². The number of rotatable bonds is 8. The molecule has 0 saturated carbocycles. The fourth-order valence-corrected chi connectivity index (χ4v) is 2.82. The summed E-state index contributed by atoms with van der Waals surface area (Å²) in [6.07, 6.45) is -4.48. The number of alkyl halides is 3. The summed E-state index contributed by atoms with van der Waals surface area (Å²) in [5, 5.41) is 9.75. The molecule has 0 radical (unpaired) electrons. The van der Waals surface area contributed by atoms with Crippen LogP contribution in [0, 0.1) is 5.82 Å². The summed E-state index contributed by atoms with van der Waals surface area (Å²) in [7, 11) is 2.89. The molecule has 0 aromatic heterocycles. The lowest BCUT2D eigenvalue weighted by molar-refractivity contribution is -0.154. The Hall–Kier alpha value is -2.32. The zero-order valence-corrected chi connectivity index (χ0v) is 15.0. The number of benzene rings is 2. The maximum atomic E-state index is 13.2. The molecule has 8 heteroatoms. The van der Waals surface area contributed by atoms with Crippen LogP contribution in [0.5, 0.6) is 11.5 Å². The van der Waals surface area contributed by atoms with Gasteiger partial charge in [-0.25, -0.2) is 4.39 Å². The Morgan fingerprint density at radius 3 is 2.22 bits per heavy atom. The van der Waals surface area contributed by atoms with E-state index in [1.807, 2.05) is 0 Å². The fraction of sp³-hybridized carbons (Fsp3) is 0.368. The van der Waals surface area contributed by atoms with Gasteiger partial charge in [-0.05, 0) is 23.8 Å². The van der Waals surface area contributed by atoms with Crippen LogP contribution < -0.4 is 9.47 Å². The van der Waals surface area contributed by atoms with Crippen molar-refractivity contribution in [3.8, 4) is 11.5 Å². The summed E-state index contributed by atoms with van der Waals surface area (Å²) < 4.78 is 63.0. The molecular formula is C19H21F4NO3. The first-order chi connectivity index (χ1) is 12.8. The topological polar surface area (TPSA) is 41.9 Å². The number of aliphatic hydroxyl groups excluding tert-OH is 1. The first-order valence-electron chi connectivity index (χ1n) is 8.15. The lowest BCUT2D eigenvalue weighted by Gasteiger charge is -2.32. The molecule has 2 rings (SSSR count). The monoisotopic (exact) mass is 387 g/mol. The number of methoxy groups -OCH3 is 2. The van der Waals surface area contributed by atoms with Crippen LogP contribution in [0.1, 0.15) is 17.2 Å². The van der Waals surface area contributed by atoms with E-state index in [-0.39, 0.29) is 6.54 Å². The minimum absolute atomic E-state index is 0.130. The van der Waals surface area contributed by atoms with Gasteiger partial charge in [-0.2, -0.15) is 13.2 Å². The Bertz CT molecular complexity index is 735. The fourth-order valence-electron chi connectivity index (χ4n) is 2.82. The third-order valence-corrected chi connectivity index (χ3v) is 4.12. The van der Waals surface area contributed by atoms with Crippen LogP contribution in [-0.4, -0.2) is 43.6 Å². The Labute approximate surface area is 154 Å². The van der Waals surface area contributed by atoms with Gasteiger partial charge in [0.2, 0.25) is 0 Å². The van der Waals surface area contributed by atoms with Crippen molar-refractivity contribution in [1.82, 2.24) is 4.90 Å². The van der Waals surface area contributed by atoms with Crippen LogP contribution in [-0.2, 0) is 6.54 Å². The minimum atomic E-state index is -4.48. The highest BCUT2D eigenvalue weighted by molar-refractivity contribution is 5.40. The molecular weight excluding hydrogens is 366 g/mol. The standard InChI is InChI=1S/C19H21F4NO3/c1-26-16-8-5-14(18(9-16)27-2)10-24(12-19(21,22)23)17(11-25)13-3-6-15(20)7-4-13/h3-9,17,25H,10-12H2,1-2H3/t17-/m1/s1. The lowest BCUT2D eigenvalue weighted by atomic mass is 10.0. The molecule has 0 aliphatic carbocycles. The van der Waals surface area contributed by atoms with Crippen LogP contribution in [0.15, 0.2) is 42.5 Å². The molecule has 0 aliphatic heterocycles. The van der Waals surface area contributed by atoms with Crippen LogP contribution in [0.25, 0.3) is 0 Å². The average molecular weight is 387 g/mol.